The largest absolute Gasteiger partial charge is 0.573 e. The van der Waals surface area contributed by atoms with Crippen molar-refractivity contribution in [1.29, 1.82) is 5.26 Å². The Kier molecular flexibility index (Phi) is 5.84. The van der Waals surface area contributed by atoms with Gasteiger partial charge in [0.15, 0.2) is 11.6 Å². The molecule has 2 rings (SSSR count). The quantitative estimate of drug-likeness (QED) is 0.693. The topological polar surface area (TPSA) is 137 Å². The minimum atomic E-state index is -4.92. The summed E-state index contributed by atoms with van der Waals surface area (Å²) in [6, 6.07) is 5.71. The van der Waals surface area contributed by atoms with Crippen LogP contribution in [0.3, 0.4) is 0 Å². The van der Waals surface area contributed by atoms with Crippen molar-refractivity contribution < 1.29 is 27.4 Å². The van der Waals surface area contributed by atoms with Crippen LogP contribution in [0.5, 0.6) is 11.6 Å². The van der Waals surface area contributed by atoms with Crippen LogP contribution in [0.4, 0.5) is 30.6 Å². The number of carbonyl (C=O) groups is 1. The zero-order valence-electron chi connectivity index (χ0n) is 15.7. The lowest BCUT2D eigenvalue weighted by molar-refractivity contribution is -0.274. The average Bonchev–Trinajstić information content (AvgIpc) is 2.64. The minimum Gasteiger partial charge on any atom is -0.480 e. The Labute approximate surface area is 163 Å². The van der Waals surface area contributed by atoms with Gasteiger partial charge in [0.2, 0.25) is 11.8 Å². The van der Waals surface area contributed by atoms with Crippen LogP contribution in [0.25, 0.3) is 0 Å². The van der Waals surface area contributed by atoms with E-state index in [2.05, 4.69) is 14.7 Å². The number of benzene rings is 1. The van der Waals surface area contributed by atoms with E-state index in [1.807, 2.05) is 6.07 Å². The number of rotatable bonds is 6. The van der Waals surface area contributed by atoms with Gasteiger partial charge in [-0.05, 0) is 19.1 Å². The van der Waals surface area contributed by atoms with Crippen LogP contribution in [0.15, 0.2) is 24.3 Å². The molecule has 1 heterocycles. The molecule has 0 fully saturated rings. The molecule has 1 unspecified atom stereocenters. The van der Waals surface area contributed by atoms with Gasteiger partial charge in [0.1, 0.15) is 17.5 Å². The molecule has 1 amide bonds. The fraction of sp³-hybridized carbons (Fsp3) is 0.294. The molecule has 1 aromatic carbocycles. The molecule has 0 saturated carbocycles. The van der Waals surface area contributed by atoms with Crippen LogP contribution in [-0.2, 0) is 4.79 Å². The number of alkyl halides is 3. The Hall–Kier alpha value is -3.59. The van der Waals surface area contributed by atoms with Crippen molar-refractivity contribution in [1.82, 2.24) is 14.5 Å². The standard InChI is InChI=1S/C17H17F3N6O3/c1-9(13(22)27)26(2,10-5-4-6-11(7-10)29-17(18,19)20)14-12(8-21)15(28-3)25-16(23)24-14/h4-7,9H,1-3H3,(H3-,22,23,24,25,27)/p+1/t9-,26?/m0/s1. The number of likely N-dealkylation sites (N-methyl/N-ethyl adjacent to an activating group) is 1. The van der Waals surface area contributed by atoms with E-state index >= 15 is 0 Å². The number of amides is 1. The number of primary amides is 1. The molecule has 0 aliphatic rings. The number of hydrogen-bond donors (Lipinski definition) is 2. The molecule has 0 aliphatic heterocycles. The van der Waals surface area contributed by atoms with Gasteiger partial charge in [-0.2, -0.15) is 15.2 Å². The first kappa shape index (κ1) is 21.7. The lowest BCUT2D eigenvalue weighted by Gasteiger charge is -2.36. The van der Waals surface area contributed by atoms with Gasteiger partial charge >= 0.3 is 6.36 Å². The zero-order chi connectivity index (χ0) is 22.0. The summed E-state index contributed by atoms with van der Waals surface area (Å²) in [7, 11) is 2.70. The van der Waals surface area contributed by atoms with Crippen LogP contribution in [-0.4, -0.2) is 42.4 Å². The van der Waals surface area contributed by atoms with Gasteiger partial charge in [-0.1, -0.05) is 6.07 Å². The van der Waals surface area contributed by atoms with Gasteiger partial charge < -0.3 is 20.9 Å². The monoisotopic (exact) mass is 411 g/mol. The number of aromatic nitrogens is 2. The third kappa shape index (κ3) is 4.30. The summed E-state index contributed by atoms with van der Waals surface area (Å²) in [5, 5.41) is 9.61. The molecule has 2 aromatic rings. The van der Waals surface area contributed by atoms with E-state index in [1.54, 1.807) is 0 Å². The molecule has 4 N–H and O–H groups in total. The van der Waals surface area contributed by atoms with Crippen LogP contribution in [0.1, 0.15) is 12.5 Å². The Morgan fingerprint density at radius 2 is 2.00 bits per heavy atom. The summed E-state index contributed by atoms with van der Waals surface area (Å²) >= 11 is 0. The van der Waals surface area contributed by atoms with E-state index in [9.17, 15) is 23.2 Å². The van der Waals surface area contributed by atoms with Gasteiger partial charge in [-0.3, -0.25) is 4.79 Å². The molecule has 0 saturated heterocycles. The van der Waals surface area contributed by atoms with Gasteiger partial charge in [0.25, 0.3) is 11.7 Å². The highest BCUT2D eigenvalue weighted by molar-refractivity contribution is 5.84. The number of nitrogens with two attached hydrogens (primary N) is 2. The maximum absolute atomic E-state index is 12.7. The maximum Gasteiger partial charge on any atom is 0.573 e. The second kappa shape index (κ2) is 7.80. The molecule has 1 aromatic heterocycles. The molecule has 0 radical (unpaired) electrons. The molecule has 2 atom stereocenters. The van der Waals surface area contributed by atoms with Gasteiger partial charge in [0, 0.05) is 6.07 Å². The fourth-order valence-corrected chi connectivity index (χ4v) is 2.78. The number of nitrogens with zero attached hydrogens (tertiary/aromatic N) is 4. The lowest BCUT2D eigenvalue weighted by Crippen LogP contribution is -2.54. The van der Waals surface area contributed by atoms with Crippen LogP contribution in [0.2, 0.25) is 0 Å². The summed E-state index contributed by atoms with van der Waals surface area (Å²) in [5.41, 5.74) is 11.2. The molecule has 0 spiro atoms. The number of anilines is 1. The van der Waals surface area contributed by atoms with Gasteiger partial charge in [-0.25, -0.2) is 4.48 Å². The van der Waals surface area contributed by atoms with Crippen molar-refractivity contribution in [3.05, 3.63) is 29.8 Å². The number of nitriles is 1. The number of ether oxygens (including phenoxy) is 2. The summed E-state index contributed by atoms with van der Waals surface area (Å²) in [6.07, 6.45) is -4.92. The molecule has 29 heavy (non-hydrogen) atoms. The van der Waals surface area contributed by atoms with E-state index in [0.717, 1.165) is 12.1 Å². The summed E-state index contributed by atoms with van der Waals surface area (Å²) < 4.78 is 46.4. The third-order valence-corrected chi connectivity index (χ3v) is 4.39. The van der Waals surface area contributed by atoms with E-state index in [-0.39, 0.29) is 28.9 Å². The maximum atomic E-state index is 12.7. The van der Waals surface area contributed by atoms with Crippen molar-refractivity contribution >= 4 is 23.4 Å². The highest BCUT2D eigenvalue weighted by atomic mass is 19.4. The SMILES string of the molecule is COc1nc(N)nc([N+](C)(c2cccc(OC(F)(F)F)c2)[C@@H](C)C(N)=O)c1C#N. The van der Waals surface area contributed by atoms with Crippen molar-refractivity contribution in [2.24, 2.45) is 5.73 Å². The smallest absolute Gasteiger partial charge is 0.480 e. The summed E-state index contributed by atoms with van der Waals surface area (Å²) in [4.78, 5) is 19.9. The van der Waals surface area contributed by atoms with Crippen molar-refractivity contribution in [3.8, 4) is 17.7 Å². The first-order valence-electron chi connectivity index (χ1n) is 8.08. The van der Waals surface area contributed by atoms with Gasteiger partial charge in [0.05, 0.1) is 14.2 Å². The first-order valence-corrected chi connectivity index (χ1v) is 8.08. The summed E-state index contributed by atoms with van der Waals surface area (Å²) in [6.45, 7) is 1.44. The molecule has 0 aliphatic carbocycles. The predicted molar refractivity (Wildman–Crippen MR) is 96.9 cm³/mol. The molecular formula is C17H18F3N6O3+. The van der Waals surface area contributed by atoms with E-state index < -0.39 is 28.5 Å². The number of quaternary nitrogens is 1. The third-order valence-electron chi connectivity index (χ3n) is 4.39. The minimum absolute atomic E-state index is 0.0766. The van der Waals surface area contributed by atoms with E-state index in [4.69, 9.17) is 16.2 Å². The van der Waals surface area contributed by atoms with Crippen molar-refractivity contribution in [2.75, 3.05) is 19.9 Å². The number of carbonyl (C=O) groups excluding carboxylic acids is 1. The van der Waals surface area contributed by atoms with Crippen LogP contribution in [0, 0.1) is 11.3 Å². The fourth-order valence-electron chi connectivity index (χ4n) is 2.78. The Balaban J connectivity index is 2.82. The van der Waals surface area contributed by atoms with Crippen molar-refractivity contribution in [2.45, 2.75) is 19.3 Å². The lowest BCUT2D eigenvalue weighted by atomic mass is 10.1. The zero-order valence-corrected chi connectivity index (χ0v) is 15.7. The van der Waals surface area contributed by atoms with E-state index in [1.165, 1.54) is 33.2 Å². The molecule has 9 nitrogen and oxygen atoms in total. The second-order valence-corrected chi connectivity index (χ2v) is 6.10. The number of methoxy groups -OCH3 is 1. The number of halogens is 3. The number of hydrogen-bond acceptors (Lipinski definition) is 7. The Morgan fingerprint density at radius 1 is 1.34 bits per heavy atom. The van der Waals surface area contributed by atoms with E-state index in [0.29, 0.717) is 0 Å². The number of nitrogen functional groups attached to an aromatic ring is 1. The van der Waals surface area contributed by atoms with Gasteiger partial charge in [-0.15, -0.1) is 13.2 Å². The summed E-state index contributed by atoms with van der Waals surface area (Å²) in [5.74, 6) is -1.82. The first-order chi connectivity index (χ1) is 13.4. The predicted octanol–water partition coefficient (Wildman–Crippen LogP) is 1.98. The average molecular weight is 411 g/mol. The highest BCUT2D eigenvalue weighted by Crippen LogP contribution is 2.41. The Morgan fingerprint density at radius 3 is 2.52 bits per heavy atom. The van der Waals surface area contributed by atoms with Crippen LogP contribution < -0.4 is 25.4 Å². The molecular weight excluding hydrogens is 393 g/mol. The Bertz CT molecular complexity index is 976. The van der Waals surface area contributed by atoms with Crippen LogP contribution >= 0.6 is 0 Å². The molecule has 154 valence electrons. The molecule has 0 bridgehead atoms. The molecule has 12 heteroatoms. The highest BCUT2D eigenvalue weighted by Gasteiger charge is 2.44. The van der Waals surface area contributed by atoms with Crippen molar-refractivity contribution in [3.63, 3.8) is 0 Å². The second-order valence-electron chi connectivity index (χ2n) is 6.10. The normalized spacial score (nSPS) is 14.4.